The minimum absolute atomic E-state index is 0.102. The van der Waals surface area contributed by atoms with Gasteiger partial charge in [0.05, 0.1) is 5.69 Å². The number of carbonyl (C=O) groups excluding carboxylic acids is 1. The third kappa shape index (κ3) is 1.84. The predicted molar refractivity (Wildman–Crippen MR) is 78.1 cm³/mol. The summed E-state index contributed by atoms with van der Waals surface area (Å²) in [5.74, 6) is 0.606. The van der Waals surface area contributed by atoms with Crippen LogP contribution in [0.4, 0.5) is 0 Å². The number of para-hydroxylation sites is 1. The molecule has 4 nitrogen and oxygen atoms in total. The van der Waals surface area contributed by atoms with Crippen molar-refractivity contribution in [1.29, 1.82) is 0 Å². The third-order valence-electron chi connectivity index (χ3n) is 3.58. The second-order valence-corrected chi connectivity index (χ2v) is 4.86. The molecule has 21 heavy (non-hydrogen) atoms. The van der Waals surface area contributed by atoms with Crippen molar-refractivity contribution in [3.63, 3.8) is 0 Å². The summed E-state index contributed by atoms with van der Waals surface area (Å²) in [5.41, 5.74) is 2.46. The van der Waals surface area contributed by atoms with Gasteiger partial charge in [-0.2, -0.15) is 5.10 Å². The van der Waals surface area contributed by atoms with Crippen LogP contribution in [0.1, 0.15) is 16.6 Å². The quantitative estimate of drug-likeness (QED) is 0.674. The molecule has 0 radical (unpaired) electrons. The van der Waals surface area contributed by atoms with Crippen LogP contribution < -0.4 is 4.74 Å². The normalized spacial score (nSPS) is 15.7. The third-order valence-corrected chi connectivity index (χ3v) is 3.58. The van der Waals surface area contributed by atoms with Crippen molar-refractivity contribution in [2.75, 3.05) is 0 Å². The maximum Gasteiger partial charge on any atom is 0.255 e. The Bertz CT molecular complexity index is 808. The number of hydrogen-bond donors (Lipinski definition) is 0. The first-order valence-corrected chi connectivity index (χ1v) is 6.73. The van der Waals surface area contributed by atoms with Crippen LogP contribution in [0.3, 0.4) is 0 Å². The number of Topliss-reactive ketones (excluding diaryl/α,β-unsaturated/α-hetero) is 1. The van der Waals surface area contributed by atoms with E-state index in [0.717, 1.165) is 11.3 Å². The Morgan fingerprint density at radius 2 is 1.76 bits per heavy atom. The molecule has 1 aliphatic rings. The maximum atomic E-state index is 12.7. The van der Waals surface area contributed by atoms with Gasteiger partial charge in [0, 0.05) is 17.3 Å². The van der Waals surface area contributed by atoms with E-state index in [-0.39, 0.29) is 5.78 Å². The maximum absolute atomic E-state index is 12.7. The topological polar surface area (TPSA) is 44.1 Å². The Balaban J connectivity index is 1.81. The second kappa shape index (κ2) is 4.59. The van der Waals surface area contributed by atoms with E-state index in [1.807, 2.05) is 48.5 Å². The summed E-state index contributed by atoms with van der Waals surface area (Å²) in [7, 11) is 0. The van der Waals surface area contributed by atoms with Gasteiger partial charge in [-0.05, 0) is 18.2 Å². The zero-order valence-electron chi connectivity index (χ0n) is 11.1. The molecule has 1 atom stereocenters. The number of rotatable bonds is 2. The van der Waals surface area contributed by atoms with Gasteiger partial charge in [-0.1, -0.05) is 42.5 Å². The minimum Gasteiger partial charge on any atom is -0.460 e. The molecule has 0 saturated carbocycles. The molecule has 4 heteroatoms. The van der Waals surface area contributed by atoms with Gasteiger partial charge in [-0.15, -0.1) is 0 Å². The number of carbonyl (C=O) groups is 1. The Hall–Kier alpha value is -2.88. The minimum atomic E-state index is -0.757. The average Bonchev–Trinajstić information content (AvgIpc) is 3.04. The van der Waals surface area contributed by atoms with E-state index in [9.17, 15) is 4.79 Å². The molecular weight excluding hydrogens is 264 g/mol. The zero-order valence-corrected chi connectivity index (χ0v) is 11.1. The van der Waals surface area contributed by atoms with E-state index in [1.165, 1.54) is 0 Å². The fourth-order valence-electron chi connectivity index (χ4n) is 2.58. The SMILES string of the molecule is O=C(c1ccccc1)C1Oc2ccccc2-c2ccnn21. The summed E-state index contributed by atoms with van der Waals surface area (Å²) in [6.45, 7) is 0. The molecule has 0 amide bonds. The number of fused-ring (bicyclic) bond motifs is 3. The number of nitrogens with zero attached hydrogens (tertiary/aromatic N) is 2. The Kier molecular flexibility index (Phi) is 2.60. The van der Waals surface area contributed by atoms with Crippen molar-refractivity contribution in [1.82, 2.24) is 9.78 Å². The number of ether oxygens (including phenoxy) is 1. The number of ketones is 1. The zero-order chi connectivity index (χ0) is 14.2. The lowest BCUT2D eigenvalue weighted by molar-refractivity contribution is 0.0608. The summed E-state index contributed by atoms with van der Waals surface area (Å²) in [6.07, 6.45) is 0.929. The van der Waals surface area contributed by atoms with E-state index < -0.39 is 6.23 Å². The molecule has 1 unspecified atom stereocenters. The van der Waals surface area contributed by atoms with Crippen molar-refractivity contribution >= 4 is 5.78 Å². The molecule has 0 N–H and O–H groups in total. The van der Waals surface area contributed by atoms with Crippen molar-refractivity contribution in [2.45, 2.75) is 6.23 Å². The molecule has 2 heterocycles. The Morgan fingerprint density at radius 3 is 2.62 bits per heavy atom. The van der Waals surface area contributed by atoms with Crippen molar-refractivity contribution < 1.29 is 9.53 Å². The first kappa shape index (κ1) is 11.9. The summed E-state index contributed by atoms with van der Waals surface area (Å²) >= 11 is 0. The molecule has 0 aliphatic carbocycles. The van der Waals surface area contributed by atoms with Crippen LogP contribution in [0.2, 0.25) is 0 Å². The lowest BCUT2D eigenvalue weighted by Gasteiger charge is -2.26. The van der Waals surface area contributed by atoms with Gasteiger partial charge >= 0.3 is 0 Å². The van der Waals surface area contributed by atoms with Crippen molar-refractivity contribution in [3.8, 4) is 17.0 Å². The Labute approximate surface area is 121 Å². The monoisotopic (exact) mass is 276 g/mol. The van der Waals surface area contributed by atoms with E-state index in [0.29, 0.717) is 11.3 Å². The van der Waals surface area contributed by atoms with E-state index >= 15 is 0 Å². The van der Waals surface area contributed by atoms with Gasteiger partial charge in [0.1, 0.15) is 5.75 Å². The van der Waals surface area contributed by atoms with Gasteiger partial charge in [0.15, 0.2) is 0 Å². The molecule has 0 saturated heterocycles. The lowest BCUT2D eigenvalue weighted by atomic mass is 10.1. The fraction of sp³-hybridized carbons (Fsp3) is 0.0588. The summed E-state index contributed by atoms with van der Waals surface area (Å²) in [6, 6.07) is 18.7. The van der Waals surface area contributed by atoms with Crippen LogP contribution in [0, 0.1) is 0 Å². The van der Waals surface area contributed by atoms with Gasteiger partial charge in [-0.3, -0.25) is 4.79 Å². The van der Waals surface area contributed by atoms with E-state index in [4.69, 9.17) is 4.74 Å². The van der Waals surface area contributed by atoms with Crippen LogP contribution >= 0.6 is 0 Å². The highest BCUT2D eigenvalue weighted by molar-refractivity contribution is 5.99. The standard InChI is InChI=1S/C17H12N2O2/c20-16(12-6-2-1-3-7-12)17-19-14(10-11-18-19)13-8-4-5-9-15(13)21-17/h1-11,17H. The first-order chi connectivity index (χ1) is 10.3. The highest BCUT2D eigenvalue weighted by Gasteiger charge is 2.31. The number of aromatic nitrogens is 2. The Morgan fingerprint density at radius 1 is 1.00 bits per heavy atom. The van der Waals surface area contributed by atoms with Gasteiger partial charge in [0.25, 0.3) is 6.23 Å². The number of benzene rings is 2. The van der Waals surface area contributed by atoms with Gasteiger partial charge in [-0.25, -0.2) is 4.68 Å². The molecule has 0 fully saturated rings. The molecule has 102 valence electrons. The number of hydrogen-bond acceptors (Lipinski definition) is 3. The smallest absolute Gasteiger partial charge is 0.255 e. The molecule has 0 bridgehead atoms. The van der Waals surface area contributed by atoms with Gasteiger partial charge in [0.2, 0.25) is 5.78 Å². The van der Waals surface area contributed by atoms with Crippen LogP contribution in [-0.2, 0) is 0 Å². The van der Waals surface area contributed by atoms with Crippen molar-refractivity contribution in [2.24, 2.45) is 0 Å². The van der Waals surface area contributed by atoms with Crippen LogP contribution in [-0.4, -0.2) is 15.6 Å². The molecular formula is C17H12N2O2. The van der Waals surface area contributed by atoms with Crippen LogP contribution in [0.25, 0.3) is 11.3 Å². The molecule has 1 aliphatic heterocycles. The highest BCUT2D eigenvalue weighted by atomic mass is 16.5. The van der Waals surface area contributed by atoms with E-state index in [1.54, 1.807) is 23.0 Å². The second-order valence-electron chi connectivity index (χ2n) is 4.86. The molecule has 2 aromatic carbocycles. The first-order valence-electron chi connectivity index (χ1n) is 6.73. The molecule has 4 rings (SSSR count). The molecule has 1 aromatic heterocycles. The van der Waals surface area contributed by atoms with Crippen LogP contribution in [0.15, 0.2) is 66.9 Å². The summed E-state index contributed by atoms with van der Waals surface area (Å²) in [5, 5.41) is 4.25. The average molecular weight is 276 g/mol. The van der Waals surface area contributed by atoms with E-state index in [2.05, 4.69) is 5.10 Å². The van der Waals surface area contributed by atoms with Gasteiger partial charge < -0.3 is 4.74 Å². The summed E-state index contributed by atoms with van der Waals surface area (Å²) in [4.78, 5) is 12.7. The van der Waals surface area contributed by atoms with Crippen molar-refractivity contribution in [3.05, 3.63) is 72.4 Å². The molecule has 0 spiro atoms. The van der Waals surface area contributed by atoms with Crippen LogP contribution in [0.5, 0.6) is 5.75 Å². The summed E-state index contributed by atoms with van der Waals surface area (Å²) < 4.78 is 7.52. The predicted octanol–water partition coefficient (Wildman–Crippen LogP) is 3.32. The lowest BCUT2D eigenvalue weighted by Crippen LogP contribution is -2.29. The largest absolute Gasteiger partial charge is 0.460 e. The highest BCUT2D eigenvalue weighted by Crippen LogP contribution is 2.38. The molecule has 3 aromatic rings. The fourth-order valence-corrected chi connectivity index (χ4v) is 2.58.